The van der Waals surface area contributed by atoms with Crippen molar-refractivity contribution in [2.45, 2.75) is 30.8 Å². The van der Waals surface area contributed by atoms with Gasteiger partial charge in [-0.25, -0.2) is 4.39 Å². The fourth-order valence-electron chi connectivity index (χ4n) is 3.64. The first-order valence-electron chi connectivity index (χ1n) is 11.0. The fourth-order valence-corrected chi connectivity index (χ4v) is 4.68. The van der Waals surface area contributed by atoms with Crippen LogP contribution in [0.5, 0.6) is 0 Å². The quantitative estimate of drug-likeness (QED) is 0.494. The first-order chi connectivity index (χ1) is 16.0. The van der Waals surface area contributed by atoms with Gasteiger partial charge in [-0.05, 0) is 35.7 Å². The Morgan fingerprint density at radius 2 is 1.79 bits per heavy atom. The molecule has 1 saturated heterocycles. The molecule has 1 aromatic heterocycles. The molecule has 2 aromatic carbocycles. The van der Waals surface area contributed by atoms with Crippen LogP contribution in [0.3, 0.4) is 0 Å². The number of halogens is 1. The number of benzene rings is 2. The molecule has 1 atom stereocenters. The van der Waals surface area contributed by atoms with Crippen molar-refractivity contribution in [2.75, 3.05) is 36.5 Å². The number of hydrogen-bond donors (Lipinski definition) is 1. The van der Waals surface area contributed by atoms with Gasteiger partial charge in [0, 0.05) is 25.3 Å². The van der Waals surface area contributed by atoms with E-state index in [0.717, 1.165) is 31.1 Å². The Morgan fingerprint density at radius 1 is 1.09 bits per heavy atom. The van der Waals surface area contributed by atoms with Gasteiger partial charge in [-0.15, -0.1) is 10.2 Å². The van der Waals surface area contributed by atoms with Crippen LogP contribution >= 0.6 is 11.8 Å². The van der Waals surface area contributed by atoms with Crippen LogP contribution in [0.25, 0.3) is 0 Å². The van der Waals surface area contributed by atoms with Crippen LogP contribution in [-0.4, -0.2) is 47.0 Å². The molecule has 0 radical (unpaired) electrons. The molecule has 0 saturated carbocycles. The molecule has 0 spiro atoms. The van der Waals surface area contributed by atoms with Gasteiger partial charge in [-0.1, -0.05) is 55.9 Å². The summed E-state index contributed by atoms with van der Waals surface area (Å²) >= 11 is 1.37. The van der Waals surface area contributed by atoms with Crippen molar-refractivity contribution in [3.8, 4) is 0 Å². The van der Waals surface area contributed by atoms with Crippen molar-refractivity contribution < 1.29 is 13.9 Å². The van der Waals surface area contributed by atoms with Crippen LogP contribution < -0.4 is 10.2 Å². The van der Waals surface area contributed by atoms with Gasteiger partial charge >= 0.3 is 0 Å². The smallest absolute Gasteiger partial charge is 0.242 e. The predicted octanol–water partition coefficient (Wildman–Crippen LogP) is 4.38. The minimum absolute atomic E-state index is 0.204. The van der Waals surface area contributed by atoms with Gasteiger partial charge in [-0.3, -0.25) is 9.36 Å². The number of carbonyl (C=O) groups is 1. The molecule has 33 heavy (non-hydrogen) atoms. The molecule has 1 amide bonds. The molecule has 2 heterocycles. The molecule has 174 valence electrons. The van der Waals surface area contributed by atoms with Crippen molar-refractivity contribution in [3.63, 3.8) is 0 Å². The number of carbonyl (C=O) groups excluding carboxylic acids is 1. The molecule has 3 aromatic rings. The van der Waals surface area contributed by atoms with Crippen LogP contribution in [-0.2, 0) is 16.1 Å². The number of ether oxygens (including phenoxy) is 1. The summed E-state index contributed by atoms with van der Waals surface area (Å²) in [5.74, 6) is 0.632. The molecule has 1 fully saturated rings. The second-order valence-corrected chi connectivity index (χ2v) is 9.36. The second kappa shape index (κ2) is 10.8. The number of aromatic nitrogens is 3. The maximum absolute atomic E-state index is 13.3. The second-order valence-electron chi connectivity index (χ2n) is 8.29. The van der Waals surface area contributed by atoms with E-state index >= 15 is 0 Å². The molecular formula is C24H28FN5O2S. The van der Waals surface area contributed by atoms with Gasteiger partial charge < -0.3 is 15.0 Å². The van der Waals surface area contributed by atoms with Crippen molar-refractivity contribution in [3.05, 3.63) is 66.0 Å². The number of hydrogen-bond acceptors (Lipinski definition) is 6. The highest BCUT2D eigenvalue weighted by Crippen LogP contribution is 2.37. The standard InChI is InChI=1S/C24H28FN5O2S/c1-17(2)16-30-23(29-12-14-32-15-13-29)27-28-24(30)33-21(18-6-4-3-5-7-18)22(31)26-20-10-8-19(25)9-11-20/h3-11,17,21H,12-16H2,1-2H3,(H,26,31). The summed E-state index contributed by atoms with van der Waals surface area (Å²) in [4.78, 5) is 15.5. The van der Waals surface area contributed by atoms with Gasteiger partial charge in [0.2, 0.25) is 11.9 Å². The summed E-state index contributed by atoms with van der Waals surface area (Å²) in [5, 5.41) is 12.0. The molecule has 1 aliphatic rings. The molecule has 0 aliphatic carbocycles. The third-order valence-corrected chi connectivity index (χ3v) is 6.45. The van der Waals surface area contributed by atoms with Gasteiger partial charge in [-0.2, -0.15) is 0 Å². The van der Waals surface area contributed by atoms with Crippen molar-refractivity contribution in [1.29, 1.82) is 0 Å². The largest absolute Gasteiger partial charge is 0.378 e. The Hall–Kier alpha value is -2.91. The first-order valence-corrected chi connectivity index (χ1v) is 11.9. The molecule has 4 rings (SSSR count). The lowest BCUT2D eigenvalue weighted by molar-refractivity contribution is -0.115. The Labute approximate surface area is 197 Å². The lowest BCUT2D eigenvalue weighted by atomic mass is 10.1. The van der Waals surface area contributed by atoms with Gasteiger partial charge in [0.1, 0.15) is 11.1 Å². The lowest BCUT2D eigenvalue weighted by Crippen LogP contribution is -2.38. The summed E-state index contributed by atoms with van der Waals surface area (Å²) in [6.07, 6.45) is 0. The molecule has 1 aliphatic heterocycles. The van der Waals surface area contributed by atoms with Crippen LogP contribution in [0.4, 0.5) is 16.0 Å². The van der Waals surface area contributed by atoms with Crippen LogP contribution in [0, 0.1) is 11.7 Å². The number of nitrogens with zero attached hydrogens (tertiary/aromatic N) is 4. The molecule has 0 bridgehead atoms. The van der Waals surface area contributed by atoms with E-state index in [2.05, 4.69) is 38.8 Å². The van der Waals surface area contributed by atoms with E-state index in [9.17, 15) is 9.18 Å². The minimum Gasteiger partial charge on any atom is -0.378 e. The maximum atomic E-state index is 13.3. The normalized spacial score (nSPS) is 15.0. The lowest BCUT2D eigenvalue weighted by Gasteiger charge is -2.28. The number of rotatable bonds is 8. The Morgan fingerprint density at radius 3 is 2.45 bits per heavy atom. The monoisotopic (exact) mass is 469 g/mol. The van der Waals surface area contributed by atoms with Crippen LogP contribution in [0.2, 0.25) is 0 Å². The van der Waals surface area contributed by atoms with Crippen molar-refractivity contribution in [1.82, 2.24) is 14.8 Å². The van der Waals surface area contributed by atoms with E-state index in [1.807, 2.05) is 30.3 Å². The highest BCUT2D eigenvalue weighted by molar-refractivity contribution is 8.00. The average molecular weight is 470 g/mol. The van der Waals surface area contributed by atoms with Gasteiger partial charge in [0.05, 0.1) is 13.2 Å². The zero-order chi connectivity index (χ0) is 23.2. The van der Waals surface area contributed by atoms with E-state index in [1.54, 1.807) is 12.1 Å². The van der Waals surface area contributed by atoms with E-state index in [0.29, 0.717) is 30.0 Å². The molecule has 7 nitrogen and oxygen atoms in total. The maximum Gasteiger partial charge on any atom is 0.242 e. The number of thioether (sulfide) groups is 1. The third kappa shape index (κ3) is 5.91. The summed E-state index contributed by atoms with van der Waals surface area (Å²) in [5.41, 5.74) is 1.40. The number of morpholine rings is 1. The van der Waals surface area contributed by atoms with E-state index in [4.69, 9.17) is 4.74 Å². The highest BCUT2D eigenvalue weighted by atomic mass is 32.2. The highest BCUT2D eigenvalue weighted by Gasteiger charge is 2.28. The van der Waals surface area contributed by atoms with Crippen molar-refractivity contribution in [2.24, 2.45) is 5.92 Å². The van der Waals surface area contributed by atoms with Crippen LogP contribution in [0.15, 0.2) is 59.8 Å². The van der Waals surface area contributed by atoms with Gasteiger partial charge in [0.15, 0.2) is 5.16 Å². The summed E-state index contributed by atoms with van der Waals surface area (Å²) in [7, 11) is 0. The van der Waals surface area contributed by atoms with Crippen molar-refractivity contribution >= 4 is 29.3 Å². The minimum atomic E-state index is -0.552. The zero-order valence-corrected chi connectivity index (χ0v) is 19.6. The topological polar surface area (TPSA) is 72.3 Å². The summed E-state index contributed by atoms with van der Waals surface area (Å²) < 4.78 is 20.9. The molecular weight excluding hydrogens is 441 g/mol. The first kappa shape index (κ1) is 23.3. The SMILES string of the molecule is CC(C)Cn1c(SC(C(=O)Nc2ccc(F)cc2)c2ccccc2)nnc1N1CCOCC1. The Kier molecular flexibility index (Phi) is 7.61. The summed E-state index contributed by atoms with van der Waals surface area (Å²) in [6.45, 7) is 7.86. The van der Waals surface area contributed by atoms with E-state index in [-0.39, 0.29) is 11.7 Å². The van der Waals surface area contributed by atoms with E-state index in [1.165, 1.54) is 23.9 Å². The third-order valence-electron chi connectivity index (χ3n) is 5.21. The van der Waals surface area contributed by atoms with Gasteiger partial charge in [0.25, 0.3) is 0 Å². The molecule has 1 N–H and O–H groups in total. The van der Waals surface area contributed by atoms with Crippen LogP contribution in [0.1, 0.15) is 24.7 Å². The Bertz CT molecular complexity index is 1050. The molecule has 9 heteroatoms. The molecule has 1 unspecified atom stereocenters. The zero-order valence-electron chi connectivity index (χ0n) is 18.8. The average Bonchev–Trinajstić information content (AvgIpc) is 3.21. The predicted molar refractivity (Wildman–Crippen MR) is 128 cm³/mol. The van der Waals surface area contributed by atoms with E-state index < -0.39 is 5.25 Å². The number of nitrogens with one attached hydrogen (secondary N) is 1. The number of anilines is 2. The summed E-state index contributed by atoms with van der Waals surface area (Å²) in [6, 6.07) is 15.3. The fraction of sp³-hybridized carbons (Fsp3) is 0.375. The number of amides is 1. The Balaban J connectivity index is 1.63.